The molecule has 4 heteroatoms. The van der Waals surface area contributed by atoms with E-state index in [0.29, 0.717) is 6.42 Å². The molecule has 0 fully saturated rings. The van der Waals surface area contributed by atoms with Crippen molar-refractivity contribution in [1.82, 2.24) is 10.3 Å². The second-order valence-electron chi connectivity index (χ2n) is 3.82. The van der Waals surface area contributed by atoms with Crippen LogP contribution in [-0.2, 0) is 4.79 Å². The molecule has 1 unspecified atom stereocenters. The number of carbonyl (C=O) groups is 1. The second-order valence-corrected chi connectivity index (χ2v) is 3.82. The highest BCUT2D eigenvalue weighted by Crippen LogP contribution is 2.11. The summed E-state index contributed by atoms with van der Waals surface area (Å²) < 4.78 is 0. The van der Waals surface area contributed by atoms with Crippen LogP contribution in [0.3, 0.4) is 0 Å². The molecule has 1 aromatic heterocycles. The van der Waals surface area contributed by atoms with Gasteiger partial charge in [-0.3, -0.25) is 9.78 Å². The average molecular weight is 221 g/mol. The summed E-state index contributed by atoms with van der Waals surface area (Å²) in [6.45, 7) is 4.93. The summed E-state index contributed by atoms with van der Waals surface area (Å²) in [5.41, 5.74) is 0.878. The molecule has 0 saturated heterocycles. The Bertz CT molecular complexity index is 326. The van der Waals surface area contributed by atoms with Crippen molar-refractivity contribution in [3.63, 3.8) is 0 Å². The Hall–Kier alpha value is -1.42. The number of anilines is 1. The lowest BCUT2D eigenvalue weighted by molar-refractivity contribution is -0.118. The topological polar surface area (TPSA) is 45.2 Å². The highest BCUT2D eigenvalue weighted by atomic mass is 16.2. The van der Waals surface area contributed by atoms with E-state index in [1.807, 2.05) is 26.0 Å². The molecule has 1 N–H and O–H groups in total. The normalized spacial score (nSPS) is 12.2. The lowest BCUT2D eigenvalue weighted by Crippen LogP contribution is -2.34. The third kappa shape index (κ3) is 3.62. The van der Waals surface area contributed by atoms with Gasteiger partial charge in [-0.15, -0.1) is 0 Å². The Morgan fingerprint density at radius 3 is 2.69 bits per heavy atom. The van der Waals surface area contributed by atoms with Crippen molar-refractivity contribution in [3.05, 3.63) is 24.5 Å². The van der Waals surface area contributed by atoms with Crippen LogP contribution >= 0.6 is 0 Å². The number of amides is 1. The lowest BCUT2D eigenvalue weighted by atomic mass is 10.2. The van der Waals surface area contributed by atoms with E-state index in [4.69, 9.17) is 0 Å². The number of hydrogen-bond donors (Lipinski definition) is 1. The molecule has 88 valence electrons. The summed E-state index contributed by atoms with van der Waals surface area (Å²) in [4.78, 5) is 17.5. The first kappa shape index (κ1) is 12.6. The number of carbonyl (C=O) groups excluding carboxylic acids is 1. The molecule has 0 aromatic carbocycles. The van der Waals surface area contributed by atoms with E-state index in [1.54, 1.807) is 24.3 Å². The maximum atomic E-state index is 11.9. The molecule has 1 heterocycles. The van der Waals surface area contributed by atoms with E-state index in [0.717, 1.165) is 12.2 Å². The molecule has 4 nitrogen and oxygen atoms in total. The number of hydrogen-bond acceptors (Lipinski definition) is 3. The molecule has 1 aromatic rings. The van der Waals surface area contributed by atoms with E-state index in [-0.39, 0.29) is 11.9 Å². The van der Waals surface area contributed by atoms with Crippen LogP contribution in [0.2, 0.25) is 0 Å². The number of aromatic nitrogens is 1. The van der Waals surface area contributed by atoms with Crippen molar-refractivity contribution in [1.29, 1.82) is 0 Å². The van der Waals surface area contributed by atoms with Gasteiger partial charge in [0.15, 0.2) is 0 Å². The van der Waals surface area contributed by atoms with E-state index < -0.39 is 0 Å². The molecule has 0 aliphatic heterocycles. The van der Waals surface area contributed by atoms with Gasteiger partial charge in [-0.1, -0.05) is 6.92 Å². The smallest absolute Gasteiger partial charge is 0.228 e. The molecule has 16 heavy (non-hydrogen) atoms. The molecular formula is C12H19N3O. The van der Waals surface area contributed by atoms with E-state index >= 15 is 0 Å². The minimum atomic E-state index is 0.111. The molecule has 1 atom stereocenters. The maximum absolute atomic E-state index is 11.9. The summed E-state index contributed by atoms with van der Waals surface area (Å²) in [5, 5.41) is 3.22. The van der Waals surface area contributed by atoms with Crippen molar-refractivity contribution in [2.24, 2.45) is 0 Å². The zero-order valence-corrected chi connectivity index (χ0v) is 10.1. The maximum Gasteiger partial charge on any atom is 0.228 e. The summed E-state index contributed by atoms with van der Waals surface area (Å²) in [7, 11) is 1.79. The minimum absolute atomic E-state index is 0.111. The van der Waals surface area contributed by atoms with Gasteiger partial charge >= 0.3 is 0 Å². The van der Waals surface area contributed by atoms with Gasteiger partial charge in [-0.05, 0) is 25.6 Å². The first-order valence-corrected chi connectivity index (χ1v) is 5.55. The van der Waals surface area contributed by atoms with Crippen LogP contribution in [0.25, 0.3) is 0 Å². The van der Waals surface area contributed by atoms with Crippen LogP contribution in [0.5, 0.6) is 0 Å². The highest BCUT2D eigenvalue weighted by Gasteiger charge is 2.13. The van der Waals surface area contributed by atoms with Gasteiger partial charge in [0.05, 0.1) is 0 Å². The standard InChI is InChI=1S/C12H19N3O/c1-4-14-10(2)9-12(16)15(3)11-5-7-13-8-6-11/h5-8,10,14H,4,9H2,1-3H3. The number of pyridine rings is 1. The zero-order valence-electron chi connectivity index (χ0n) is 10.1. The lowest BCUT2D eigenvalue weighted by Gasteiger charge is -2.19. The van der Waals surface area contributed by atoms with Gasteiger partial charge < -0.3 is 10.2 Å². The SMILES string of the molecule is CCNC(C)CC(=O)N(C)c1ccncc1. The van der Waals surface area contributed by atoms with Crippen LogP contribution in [0.4, 0.5) is 5.69 Å². The van der Waals surface area contributed by atoms with Crippen molar-refractivity contribution >= 4 is 11.6 Å². The Labute approximate surface area is 96.7 Å². The Morgan fingerprint density at radius 2 is 2.12 bits per heavy atom. The summed E-state index contributed by atoms with van der Waals surface area (Å²) in [6, 6.07) is 3.87. The molecule has 1 rings (SSSR count). The number of nitrogens with zero attached hydrogens (tertiary/aromatic N) is 2. The predicted octanol–water partition coefficient (Wildman–Crippen LogP) is 1.43. The van der Waals surface area contributed by atoms with Crippen molar-refractivity contribution in [2.45, 2.75) is 26.3 Å². The quantitative estimate of drug-likeness (QED) is 0.818. The van der Waals surface area contributed by atoms with E-state index in [1.165, 1.54) is 0 Å². The monoisotopic (exact) mass is 221 g/mol. The predicted molar refractivity (Wildman–Crippen MR) is 65.4 cm³/mol. The second kappa shape index (κ2) is 6.23. The molecule has 0 aliphatic rings. The number of rotatable bonds is 5. The Kier molecular flexibility index (Phi) is 4.92. The van der Waals surface area contributed by atoms with Gasteiger partial charge in [0.25, 0.3) is 0 Å². The first-order valence-electron chi connectivity index (χ1n) is 5.55. The van der Waals surface area contributed by atoms with Crippen LogP contribution < -0.4 is 10.2 Å². The van der Waals surface area contributed by atoms with Gasteiger partial charge in [-0.25, -0.2) is 0 Å². The Balaban J connectivity index is 2.55. The third-order valence-corrected chi connectivity index (χ3v) is 2.46. The van der Waals surface area contributed by atoms with Crippen LogP contribution in [0.15, 0.2) is 24.5 Å². The summed E-state index contributed by atoms with van der Waals surface area (Å²) in [6.07, 6.45) is 3.88. The average Bonchev–Trinajstić information content (AvgIpc) is 2.29. The van der Waals surface area contributed by atoms with Crippen LogP contribution in [0, 0.1) is 0 Å². The molecule has 0 aliphatic carbocycles. The fraction of sp³-hybridized carbons (Fsp3) is 0.500. The van der Waals surface area contributed by atoms with Gasteiger partial charge in [0.1, 0.15) is 0 Å². The zero-order chi connectivity index (χ0) is 12.0. The molecule has 0 saturated carbocycles. The van der Waals surface area contributed by atoms with Crippen molar-refractivity contribution < 1.29 is 4.79 Å². The van der Waals surface area contributed by atoms with Gasteiger partial charge in [0.2, 0.25) is 5.91 Å². The van der Waals surface area contributed by atoms with E-state index in [2.05, 4.69) is 10.3 Å². The van der Waals surface area contributed by atoms with Crippen molar-refractivity contribution in [2.75, 3.05) is 18.5 Å². The third-order valence-electron chi connectivity index (χ3n) is 2.46. The number of nitrogens with one attached hydrogen (secondary N) is 1. The van der Waals surface area contributed by atoms with E-state index in [9.17, 15) is 4.79 Å². The highest BCUT2D eigenvalue weighted by molar-refractivity contribution is 5.92. The molecule has 1 amide bonds. The molecule has 0 radical (unpaired) electrons. The van der Waals surface area contributed by atoms with Gasteiger partial charge in [-0.2, -0.15) is 0 Å². The minimum Gasteiger partial charge on any atom is -0.315 e. The summed E-state index contributed by atoms with van der Waals surface area (Å²) in [5.74, 6) is 0.111. The fourth-order valence-electron chi connectivity index (χ4n) is 1.53. The molecular weight excluding hydrogens is 202 g/mol. The molecule has 0 bridgehead atoms. The fourth-order valence-corrected chi connectivity index (χ4v) is 1.53. The largest absolute Gasteiger partial charge is 0.315 e. The summed E-state index contributed by atoms with van der Waals surface area (Å²) >= 11 is 0. The van der Waals surface area contributed by atoms with Gasteiger partial charge in [0, 0.05) is 37.6 Å². The first-order chi connectivity index (χ1) is 7.65. The van der Waals surface area contributed by atoms with Crippen molar-refractivity contribution in [3.8, 4) is 0 Å². The van der Waals surface area contributed by atoms with Crippen LogP contribution in [0.1, 0.15) is 20.3 Å². The molecule has 0 spiro atoms. The van der Waals surface area contributed by atoms with Crippen LogP contribution in [-0.4, -0.2) is 30.5 Å². The Morgan fingerprint density at radius 1 is 1.50 bits per heavy atom.